The SMILES string of the molecule is CC(=O)O.CCCN(CC(C)=O)CC(C)=O.CCN(CC(C)=O)CC(C)=O.CO. The van der Waals surface area contributed by atoms with E-state index in [1.54, 1.807) is 13.8 Å². The minimum absolute atomic E-state index is 0.105. The van der Waals surface area contributed by atoms with Crippen LogP contribution in [0, 0.1) is 0 Å². The summed E-state index contributed by atoms with van der Waals surface area (Å²) in [5.74, 6) is -0.393. The van der Waals surface area contributed by atoms with Crippen molar-refractivity contribution in [2.75, 3.05) is 46.4 Å². The largest absolute Gasteiger partial charge is 0.481 e. The van der Waals surface area contributed by atoms with Gasteiger partial charge in [0.1, 0.15) is 23.1 Å². The van der Waals surface area contributed by atoms with Crippen LogP contribution >= 0.6 is 0 Å². The second kappa shape index (κ2) is 24.1. The third-order valence-electron chi connectivity index (χ3n) is 2.77. The van der Waals surface area contributed by atoms with Crippen molar-refractivity contribution in [3.63, 3.8) is 0 Å². The van der Waals surface area contributed by atoms with Crippen molar-refractivity contribution in [2.24, 2.45) is 0 Å². The molecule has 9 heteroatoms. The van der Waals surface area contributed by atoms with E-state index >= 15 is 0 Å². The number of likely N-dealkylation sites (N-methyl/N-ethyl adjacent to an activating group) is 1. The van der Waals surface area contributed by atoms with Crippen molar-refractivity contribution in [2.45, 2.75) is 54.9 Å². The van der Waals surface area contributed by atoms with Crippen LogP contribution < -0.4 is 0 Å². The predicted octanol–water partition coefficient (Wildman–Crippen LogP) is 1.06. The highest BCUT2D eigenvalue weighted by Crippen LogP contribution is 1.92. The molecule has 0 radical (unpaired) electrons. The molecule has 0 aromatic carbocycles. The van der Waals surface area contributed by atoms with E-state index in [0.29, 0.717) is 26.2 Å². The van der Waals surface area contributed by atoms with Gasteiger partial charge < -0.3 is 10.2 Å². The maximum Gasteiger partial charge on any atom is 0.300 e. The van der Waals surface area contributed by atoms with Crippen LogP contribution in [0.3, 0.4) is 0 Å². The van der Waals surface area contributed by atoms with Gasteiger partial charge in [-0.05, 0) is 47.2 Å². The first-order valence-corrected chi connectivity index (χ1v) is 9.42. The number of hydrogen-bond acceptors (Lipinski definition) is 8. The number of hydrogen-bond donors (Lipinski definition) is 2. The summed E-state index contributed by atoms with van der Waals surface area (Å²) in [6.07, 6.45) is 0.973. The molecule has 0 spiro atoms. The van der Waals surface area contributed by atoms with Gasteiger partial charge in [0, 0.05) is 14.0 Å². The molecule has 0 amide bonds. The third-order valence-corrected chi connectivity index (χ3v) is 2.77. The van der Waals surface area contributed by atoms with Gasteiger partial charge in [0.05, 0.1) is 26.2 Å². The zero-order valence-corrected chi connectivity index (χ0v) is 19.3. The van der Waals surface area contributed by atoms with Gasteiger partial charge in [0.2, 0.25) is 0 Å². The monoisotopic (exact) mass is 420 g/mol. The molecule has 0 saturated carbocycles. The van der Waals surface area contributed by atoms with Crippen molar-refractivity contribution < 1.29 is 34.2 Å². The highest BCUT2D eigenvalue weighted by Gasteiger charge is 2.08. The average Bonchev–Trinajstić information content (AvgIpc) is 2.54. The molecule has 0 bridgehead atoms. The molecular formula is C20H40N2O7. The Balaban J connectivity index is -0.000000170. The predicted molar refractivity (Wildman–Crippen MR) is 113 cm³/mol. The van der Waals surface area contributed by atoms with E-state index in [1.165, 1.54) is 13.8 Å². The lowest BCUT2D eigenvalue weighted by Gasteiger charge is -2.17. The molecule has 0 aromatic rings. The zero-order chi connectivity index (χ0) is 24.0. The summed E-state index contributed by atoms with van der Waals surface area (Å²) in [6.45, 7) is 14.3. The number of rotatable bonds is 11. The lowest BCUT2D eigenvalue weighted by Crippen LogP contribution is -2.33. The van der Waals surface area contributed by atoms with E-state index in [9.17, 15) is 19.2 Å². The molecule has 0 heterocycles. The zero-order valence-electron chi connectivity index (χ0n) is 19.3. The molecule has 0 saturated heterocycles. The van der Waals surface area contributed by atoms with Gasteiger partial charge in [-0.2, -0.15) is 0 Å². The minimum Gasteiger partial charge on any atom is -0.481 e. The molecule has 2 N–H and O–H groups in total. The Morgan fingerprint density at radius 2 is 0.862 bits per heavy atom. The fourth-order valence-corrected chi connectivity index (χ4v) is 2.07. The number of nitrogens with zero attached hydrogens (tertiary/aromatic N) is 2. The number of ketones is 4. The Morgan fingerprint density at radius 1 is 0.621 bits per heavy atom. The lowest BCUT2D eigenvalue weighted by atomic mass is 10.3. The van der Waals surface area contributed by atoms with Crippen molar-refractivity contribution in [1.82, 2.24) is 9.80 Å². The molecule has 0 aromatic heterocycles. The van der Waals surface area contributed by atoms with Gasteiger partial charge >= 0.3 is 0 Å². The van der Waals surface area contributed by atoms with E-state index < -0.39 is 5.97 Å². The van der Waals surface area contributed by atoms with Crippen LogP contribution in [0.4, 0.5) is 0 Å². The van der Waals surface area contributed by atoms with Crippen molar-refractivity contribution in [3.8, 4) is 0 Å². The number of carboxylic acids is 1. The summed E-state index contributed by atoms with van der Waals surface area (Å²) in [6, 6.07) is 0. The number of aliphatic carboxylic acids is 1. The van der Waals surface area contributed by atoms with Gasteiger partial charge in [-0.25, -0.2) is 0 Å². The van der Waals surface area contributed by atoms with Crippen LogP contribution in [0.2, 0.25) is 0 Å². The second-order valence-electron chi connectivity index (χ2n) is 6.34. The fourth-order valence-electron chi connectivity index (χ4n) is 2.07. The lowest BCUT2D eigenvalue weighted by molar-refractivity contribution is -0.134. The quantitative estimate of drug-likeness (QED) is 0.503. The number of aliphatic hydroxyl groups excluding tert-OH is 1. The number of carboxylic acid groups (broad SMARTS) is 1. The molecule has 0 aliphatic heterocycles. The molecule has 29 heavy (non-hydrogen) atoms. The van der Waals surface area contributed by atoms with Crippen LogP contribution in [0.1, 0.15) is 54.9 Å². The Morgan fingerprint density at radius 3 is 1.03 bits per heavy atom. The van der Waals surface area contributed by atoms with Gasteiger partial charge in [-0.1, -0.05) is 13.8 Å². The Labute approximate surface area is 175 Å². The molecule has 9 nitrogen and oxygen atoms in total. The summed E-state index contributed by atoms with van der Waals surface area (Å²) < 4.78 is 0. The maximum atomic E-state index is 10.8. The second-order valence-corrected chi connectivity index (χ2v) is 6.34. The molecule has 0 rings (SSSR count). The summed E-state index contributed by atoms with van der Waals surface area (Å²) in [7, 11) is 1.00. The molecule has 0 aliphatic rings. The number of aliphatic hydroxyl groups is 1. The summed E-state index contributed by atoms with van der Waals surface area (Å²) in [4.78, 5) is 55.5. The summed E-state index contributed by atoms with van der Waals surface area (Å²) in [5.41, 5.74) is 0. The number of Topliss-reactive ketones (excluding diaryl/α,β-unsaturated/α-hetero) is 4. The molecular weight excluding hydrogens is 380 g/mol. The highest BCUT2D eigenvalue weighted by atomic mass is 16.4. The van der Waals surface area contributed by atoms with Gasteiger partial charge in [-0.3, -0.25) is 33.8 Å². The van der Waals surface area contributed by atoms with Gasteiger partial charge in [0.25, 0.3) is 5.97 Å². The van der Waals surface area contributed by atoms with Crippen LogP contribution in [0.25, 0.3) is 0 Å². The van der Waals surface area contributed by atoms with Crippen LogP contribution in [-0.2, 0) is 24.0 Å². The molecule has 0 aliphatic carbocycles. The van der Waals surface area contributed by atoms with E-state index in [4.69, 9.17) is 15.0 Å². The standard InChI is InChI=1S/C9H17NO2.C8H15NO2.C2H4O2.CH4O/c1-4-5-10(6-8(2)11)7-9(3)12;1-4-9(5-7(2)10)6-8(3)11;1-2(3)4;1-2/h4-7H2,1-3H3;4-6H2,1-3H3;1H3,(H,3,4);2H,1H3. The average molecular weight is 421 g/mol. The Kier molecular flexibility index (Phi) is 28.7. The molecule has 172 valence electrons. The van der Waals surface area contributed by atoms with Crippen LogP contribution in [-0.4, -0.2) is 95.5 Å². The summed E-state index contributed by atoms with van der Waals surface area (Å²) in [5, 5.41) is 14.4. The summed E-state index contributed by atoms with van der Waals surface area (Å²) >= 11 is 0. The maximum absolute atomic E-state index is 10.8. The number of carbonyl (C=O) groups excluding carboxylic acids is 4. The van der Waals surface area contributed by atoms with E-state index in [-0.39, 0.29) is 23.1 Å². The highest BCUT2D eigenvalue weighted by molar-refractivity contribution is 5.81. The number of carbonyl (C=O) groups is 5. The normalized spacial score (nSPS) is 9.21. The van der Waals surface area contributed by atoms with E-state index in [0.717, 1.165) is 33.5 Å². The minimum atomic E-state index is -0.833. The first kappa shape index (κ1) is 34.5. The molecule has 0 fully saturated rings. The van der Waals surface area contributed by atoms with Gasteiger partial charge in [-0.15, -0.1) is 0 Å². The van der Waals surface area contributed by atoms with E-state index in [1.807, 2.05) is 23.6 Å². The van der Waals surface area contributed by atoms with Crippen molar-refractivity contribution >= 4 is 29.1 Å². The fraction of sp³-hybridized carbons (Fsp3) is 0.750. The van der Waals surface area contributed by atoms with Crippen molar-refractivity contribution in [1.29, 1.82) is 0 Å². The third kappa shape index (κ3) is 41.5. The van der Waals surface area contributed by atoms with Crippen LogP contribution in [0.5, 0.6) is 0 Å². The van der Waals surface area contributed by atoms with Crippen molar-refractivity contribution in [3.05, 3.63) is 0 Å². The van der Waals surface area contributed by atoms with E-state index in [2.05, 4.69) is 0 Å². The molecule has 0 atom stereocenters. The van der Waals surface area contributed by atoms with Crippen LogP contribution in [0.15, 0.2) is 0 Å². The van der Waals surface area contributed by atoms with Gasteiger partial charge in [0.15, 0.2) is 0 Å². The first-order chi connectivity index (χ1) is 13.3. The topological polar surface area (TPSA) is 132 Å². The first-order valence-electron chi connectivity index (χ1n) is 9.42. The Hall–Kier alpha value is -1.97. The molecule has 0 unspecified atom stereocenters. The Bertz CT molecular complexity index is 443. The smallest absolute Gasteiger partial charge is 0.300 e.